The van der Waals surface area contributed by atoms with E-state index in [0.717, 1.165) is 22.2 Å². The van der Waals surface area contributed by atoms with Gasteiger partial charge in [0.2, 0.25) is 5.91 Å². The summed E-state index contributed by atoms with van der Waals surface area (Å²) in [6.07, 6.45) is 0. The van der Waals surface area contributed by atoms with Crippen molar-refractivity contribution in [1.29, 1.82) is 0 Å². The molecule has 0 unspecified atom stereocenters. The molecule has 2 rings (SSSR count). The molecule has 0 aliphatic heterocycles. The second-order valence-corrected chi connectivity index (χ2v) is 5.69. The molecule has 2 aromatic rings. The van der Waals surface area contributed by atoms with Crippen molar-refractivity contribution in [2.45, 2.75) is 19.0 Å². The summed E-state index contributed by atoms with van der Waals surface area (Å²) in [6.45, 7) is 3.74. The number of aryl methyl sites for hydroxylation is 1. The Labute approximate surface area is 126 Å². The molecule has 1 heterocycles. The molecular weight excluding hydrogens is 296 g/mol. The second kappa shape index (κ2) is 6.28. The van der Waals surface area contributed by atoms with Crippen LogP contribution in [0, 0.1) is 13.8 Å². The quantitative estimate of drug-likeness (QED) is 0.882. The normalized spacial score (nSPS) is 10.6. The fraction of sp³-hybridized carbons (Fsp3) is 0.308. The van der Waals surface area contributed by atoms with E-state index in [0.29, 0.717) is 5.02 Å². The van der Waals surface area contributed by atoms with Crippen molar-refractivity contribution in [3.05, 3.63) is 34.6 Å². The van der Waals surface area contributed by atoms with Gasteiger partial charge in [-0.05, 0) is 31.5 Å². The van der Waals surface area contributed by atoms with Crippen molar-refractivity contribution < 1.29 is 4.79 Å². The molecule has 0 saturated carbocycles. The lowest BCUT2D eigenvalue weighted by atomic mass is 10.2. The number of thioether (sulfide) groups is 1. The third-order valence-corrected chi connectivity index (χ3v) is 4.36. The molecule has 0 saturated heterocycles. The van der Waals surface area contributed by atoms with E-state index in [9.17, 15) is 4.79 Å². The summed E-state index contributed by atoms with van der Waals surface area (Å²) >= 11 is 7.37. The van der Waals surface area contributed by atoms with Crippen LogP contribution in [0.25, 0.3) is 0 Å². The molecule has 0 fully saturated rings. The molecule has 1 amide bonds. The smallest absolute Gasteiger partial charge is 0.234 e. The average molecular weight is 311 g/mol. The second-order valence-electron chi connectivity index (χ2n) is 4.34. The van der Waals surface area contributed by atoms with Crippen LogP contribution in [-0.4, -0.2) is 26.4 Å². The first-order valence-corrected chi connectivity index (χ1v) is 7.39. The molecule has 7 heteroatoms. The maximum absolute atomic E-state index is 11.9. The van der Waals surface area contributed by atoms with Gasteiger partial charge in [0, 0.05) is 17.8 Å². The van der Waals surface area contributed by atoms with Crippen LogP contribution in [0.3, 0.4) is 0 Å². The number of carbonyl (C=O) groups excluding carboxylic acids is 1. The van der Waals surface area contributed by atoms with Gasteiger partial charge in [-0.3, -0.25) is 4.79 Å². The molecule has 0 bridgehead atoms. The van der Waals surface area contributed by atoms with Gasteiger partial charge in [-0.1, -0.05) is 29.4 Å². The summed E-state index contributed by atoms with van der Waals surface area (Å²) in [5.74, 6) is 0.998. The monoisotopic (exact) mass is 310 g/mol. The van der Waals surface area contributed by atoms with E-state index in [1.54, 1.807) is 6.07 Å². The minimum Gasteiger partial charge on any atom is -0.325 e. The van der Waals surface area contributed by atoms with Crippen molar-refractivity contribution in [1.82, 2.24) is 14.8 Å². The van der Waals surface area contributed by atoms with Gasteiger partial charge in [-0.15, -0.1) is 10.2 Å². The van der Waals surface area contributed by atoms with Crippen LogP contribution in [0.15, 0.2) is 23.4 Å². The lowest BCUT2D eigenvalue weighted by Crippen LogP contribution is -2.15. The summed E-state index contributed by atoms with van der Waals surface area (Å²) in [4.78, 5) is 11.9. The Balaban J connectivity index is 1.96. The number of benzene rings is 1. The number of anilines is 1. The Morgan fingerprint density at radius 1 is 1.40 bits per heavy atom. The van der Waals surface area contributed by atoms with E-state index < -0.39 is 0 Å². The first-order valence-electron chi connectivity index (χ1n) is 6.03. The minimum absolute atomic E-state index is 0.0963. The van der Waals surface area contributed by atoms with E-state index in [2.05, 4.69) is 15.5 Å². The lowest BCUT2D eigenvalue weighted by molar-refractivity contribution is -0.113. The predicted octanol–water partition coefficient (Wildman–Crippen LogP) is 2.82. The summed E-state index contributed by atoms with van der Waals surface area (Å²) in [7, 11) is 1.87. The summed E-state index contributed by atoms with van der Waals surface area (Å²) < 4.78 is 1.85. The zero-order valence-electron chi connectivity index (χ0n) is 11.5. The summed E-state index contributed by atoms with van der Waals surface area (Å²) in [5, 5.41) is 12.2. The van der Waals surface area contributed by atoms with Crippen molar-refractivity contribution in [3.63, 3.8) is 0 Å². The van der Waals surface area contributed by atoms with Crippen LogP contribution < -0.4 is 5.32 Å². The average Bonchev–Trinajstić information content (AvgIpc) is 2.73. The van der Waals surface area contributed by atoms with E-state index in [-0.39, 0.29) is 11.7 Å². The van der Waals surface area contributed by atoms with Gasteiger partial charge in [0.25, 0.3) is 0 Å². The van der Waals surface area contributed by atoms with Gasteiger partial charge < -0.3 is 9.88 Å². The van der Waals surface area contributed by atoms with Crippen molar-refractivity contribution >= 4 is 35.0 Å². The zero-order valence-corrected chi connectivity index (χ0v) is 13.0. The molecule has 20 heavy (non-hydrogen) atoms. The van der Waals surface area contributed by atoms with Gasteiger partial charge in [-0.2, -0.15) is 0 Å². The fourth-order valence-corrected chi connectivity index (χ4v) is 2.50. The van der Waals surface area contributed by atoms with E-state index in [1.807, 2.05) is 37.6 Å². The Morgan fingerprint density at radius 3 is 2.80 bits per heavy atom. The van der Waals surface area contributed by atoms with Gasteiger partial charge in [-0.25, -0.2) is 0 Å². The number of hydrogen-bond donors (Lipinski definition) is 1. The number of hydrogen-bond acceptors (Lipinski definition) is 4. The van der Waals surface area contributed by atoms with Crippen LogP contribution in [0.2, 0.25) is 5.02 Å². The minimum atomic E-state index is -0.0963. The summed E-state index contributed by atoms with van der Waals surface area (Å²) in [6, 6.07) is 5.43. The van der Waals surface area contributed by atoms with E-state index in [4.69, 9.17) is 11.6 Å². The number of amides is 1. The fourth-order valence-electron chi connectivity index (χ4n) is 1.57. The molecule has 5 nitrogen and oxygen atoms in total. The summed E-state index contributed by atoms with van der Waals surface area (Å²) in [5.41, 5.74) is 1.60. The lowest BCUT2D eigenvalue weighted by Gasteiger charge is -2.09. The maximum atomic E-state index is 11.9. The molecule has 0 atom stereocenters. The Bertz CT molecular complexity index is 641. The van der Waals surface area contributed by atoms with Crippen LogP contribution in [0.1, 0.15) is 11.4 Å². The number of rotatable bonds is 4. The largest absolute Gasteiger partial charge is 0.325 e. The van der Waals surface area contributed by atoms with Gasteiger partial charge >= 0.3 is 0 Å². The van der Waals surface area contributed by atoms with Gasteiger partial charge in [0.05, 0.1) is 5.75 Å². The van der Waals surface area contributed by atoms with Crippen LogP contribution in [0.4, 0.5) is 5.69 Å². The van der Waals surface area contributed by atoms with E-state index in [1.165, 1.54) is 11.8 Å². The molecule has 106 valence electrons. The SMILES string of the molecule is Cc1c(Cl)cccc1NC(=O)CSc1nnc(C)n1C. The molecule has 1 aromatic carbocycles. The van der Waals surface area contributed by atoms with Crippen LogP contribution in [-0.2, 0) is 11.8 Å². The van der Waals surface area contributed by atoms with Crippen LogP contribution >= 0.6 is 23.4 Å². The first-order chi connectivity index (χ1) is 9.49. The standard InChI is InChI=1S/C13H15ClN4OS/c1-8-10(14)5-4-6-11(8)15-12(19)7-20-13-17-16-9(2)18(13)3/h4-6H,7H2,1-3H3,(H,15,19). The third-order valence-electron chi connectivity index (χ3n) is 2.93. The Kier molecular flexibility index (Phi) is 4.67. The highest BCUT2D eigenvalue weighted by molar-refractivity contribution is 7.99. The molecule has 0 spiro atoms. The first kappa shape index (κ1) is 14.9. The topological polar surface area (TPSA) is 59.8 Å². The molecule has 0 radical (unpaired) electrons. The van der Waals surface area contributed by atoms with Gasteiger partial charge in [0.1, 0.15) is 5.82 Å². The molecule has 0 aliphatic carbocycles. The Morgan fingerprint density at radius 2 is 2.15 bits per heavy atom. The number of nitrogens with zero attached hydrogens (tertiary/aromatic N) is 3. The molecular formula is C13H15ClN4OS. The highest BCUT2D eigenvalue weighted by Gasteiger charge is 2.10. The number of halogens is 1. The van der Waals surface area contributed by atoms with Crippen molar-refractivity contribution in [2.75, 3.05) is 11.1 Å². The van der Waals surface area contributed by atoms with Crippen LogP contribution in [0.5, 0.6) is 0 Å². The highest BCUT2D eigenvalue weighted by Crippen LogP contribution is 2.23. The van der Waals surface area contributed by atoms with Crippen molar-refractivity contribution in [2.24, 2.45) is 7.05 Å². The maximum Gasteiger partial charge on any atom is 0.234 e. The third kappa shape index (κ3) is 3.32. The molecule has 1 aromatic heterocycles. The number of nitrogens with one attached hydrogen (secondary N) is 1. The molecule has 1 N–H and O–H groups in total. The number of carbonyl (C=O) groups is 1. The van der Waals surface area contributed by atoms with Gasteiger partial charge in [0.15, 0.2) is 5.16 Å². The predicted molar refractivity (Wildman–Crippen MR) is 81.3 cm³/mol. The Hall–Kier alpha value is -1.53. The molecule has 0 aliphatic rings. The zero-order chi connectivity index (χ0) is 14.7. The van der Waals surface area contributed by atoms with Crippen molar-refractivity contribution in [3.8, 4) is 0 Å². The number of aromatic nitrogens is 3. The highest BCUT2D eigenvalue weighted by atomic mass is 35.5. The van der Waals surface area contributed by atoms with E-state index >= 15 is 0 Å².